The standard InChI is InChI=1S/C51H32N4S/c1-4-14-33(15-5-1)49-52-50(34-16-6-2-7-17-34)54-51(53-49)37-25-28-43-44-30-35(26-29-47(44)56-48(43)32-37)39-20-10-11-21-40(39)36-24-27-42-41-22-12-13-23-45(41)55(46(42)31-36)38-18-8-3-9-19-38/h1-32H. The van der Waals surface area contributed by atoms with Crippen molar-refractivity contribution in [2.45, 2.75) is 0 Å². The van der Waals surface area contributed by atoms with E-state index in [2.05, 4.69) is 138 Å². The van der Waals surface area contributed by atoms with Gasteiger partial charge >= 0.3 is 0 Å². The van der Waals surface area contributed by atoms with Gasteiger partial charge in [0.2, 0.25) is 0 Å². The van der Waals surface area contributed by atoms with E-state index in [9.17, 15) is 0 Å². The Hall–Kier alpha value is -7.21. The van der Waals surface area contributed by atoms with Gasteiger partial charge in [0.15, 0.2) is 17.5 Å². The molecule has 0 amide bonds. The maximum Gasteiger partial charge on any atom is 0.164 e. The first-order valence-corrected chi connectivity index (χ1v) is 19.6. The van der Waals surface area contributed by atoms with E-state index in [1.54, 1.807) is 11.3 Å². The fourth-order valence-electron chi connectivity index (χ4n) is 8.00. The number of hydrogen-bond donors (Lipinski definition) is 0. The zero-order valence-corrected chi connectivity index (χ0v) is 31.0. The van der Waals surface area contributed by atoms with Gasteiger partial charge in [-0.1, -0.05) is 152 Å². The summed E-state index contributed by atoms with van der Waals surface area (Å²) in [7, 11) is 0. The number of nitrogens with zero attached hydrogens (tertiary/aromatic N) is 4. The number of aromatic nitrogens is 4. The monoisotopic (exact) mass is 732 g/mol. The molecule has 0 saturated heterocycles. The maximum absolute atomic E-state index is 4.99. The Morgan fingerprint density at radius 3 is 1.54 bits per heavy atom. The zero-order valence-electron chi connectivity index (χ0n) is 30.2. The van der Waals surface area contributed by atoms with Gasteiger partial charge in [0.25, 0.3) is 0 Å². The molecule has 0 spiro atoms. The van der Waals surface area contributed by atoms with Crippen molar-refractivity contribution in [3.63, 3.8) is 0 Å². The minimum absolute atomic E-state index is 0.662. The van der Waals surface area contributed by atoms with E-state index in [0.717, 1.165) is 22.4 Å². The van der Waals surface area contributed by atoms with E-state index >= 15 is 0 Å². The molecule has 262 valence electrons. The normalized spacial score (nSPS) is 11.6. The van der Waals surface area contributed by atoms with E-state index in [1.807, 2.05) is 60.7 Å². The molecule has 0 fully saturated rings. The molecule has 8 aromatic carbocycles. The number of rotatable bonds is 6. The summed E-state index contributed by atoms with van der Waals surface area (Å²) in [6.07, 6.45) is 0. The van der Waals surface area contributed by atoms with Gasteiger partial charge in [-0.05, 0) is 64.7 Å². The average Bonchev–Trinajstić information content (AvgIpc) is 3.81. The topological polar surface area (TPSA) is 43.6 Å². The third-order valence-corrected chi connectivity index (χ3v) is 11.8. The lowest BCUT2D eigenvalue weighted by Crippen LogP contribution is -1.99. The van der Waals surface area contributed by atoms with E-state index in [1.165, 1.54) is 64.2 Å². The lowest BCUT2D eigenvalue weighted by Gasteiger charge is -2.12. The van der Waals surface area contributed by atoms with Crippen LogP contribution in [-0.2, 0) is 0 Å². The van der Waals surface area contributed by atoms with E-state index < -0.39 is 0 Å². The van der Waals surface area contributed by atoms with Gasteiger partial charge in [-0.3, -0.25) is 0 Å². The van der Waals surface area contributed by atoms with Crippen molar-refractivity contribution in [3.05, 3.63) is 194 Å². The molecule has 11 rings (SSSR count). The van der Waals surface area contributed by atoms with Crippen LogP contribution in [-0.4, -0.2) is 19.5 Å². The molecule has 0 radical (unpaired) electrons. The predicted octanol–water partition coefficient (Wildman–Crippen LogP) is 13.7. The minimum atomic E-state index is 0.662. The van der Waals surface area contributed by atoms with Gasteiger partial charge in [-0.15, -0.1) is 11.3 Å². The Morgan fingerprint density at radius 2 is 0.839 bits per heavy atom. The molecule has 5 heteroatoms. The first-order valence-electron chi connectivity index (χ1n) is 18.8. The van der Waals surface area contributed by atoms with Gasteiger partial charge in [-0.25, -0.2) is 15.0 Å². The smallest absolute Gasteiger partial charge is 0.164 e. The zero-order chi connectivity index (χ0) is 37.0. The molecular weight excluding hydrogens is 701 g/mol. The molecule has 0 N–H and O–H groups in total. The second-order valence-electron chi connectivity index (χ2n) is 14.0. The lowest BCUT2D eigenvalue weighted by molar-refractivity contribution is 1.07. The molecule has 0 saturated carbocycles. The minimum Gasteiger partial charge on any atom is -0.309 e. The van der Waals surface area contributed by atoms with Gasteiger partial charge in [0.1, 0.15) is 0 Å². The third-order valence-electron chi connectivity index (χ3n) is 10.7. The Bertz CT molecular complexity index is 3180. The molecule has 0 aliphatic carbocycles. The SMILES string of the molecule is c1ccc(-c2nc(-c3ccccc3)nc(-c3ccc4c(c3)sc3ccc(-c5ccccc5-c5ccc6c7ccccc7n(-c7ccccc7)c6c5)cc34)n2)cc1. The highest BCUT2D eigenvalue weighted by Crippen LogP contribution is 2.42. The molecule has 0 atom stereocenters. The fourth-order valence-corrected chi connectivity index (χ4v) is 9.13. The summed E-state index contributed by atoms with van der Waals surface area (Å²) in [5.74, 6) is 1.99. The van der Waals surface area contributed by atoms with Crippen LogP contribution >= 0.6 is 11.3 Å². The molecule has 0 bridgehead atoms. The third kappa shape index (κ3) is 5.48. The maximum atomic E-state index is 4.99. The quantitative estimate of drug-likeness (QED) is 0.171. The second-order valence-corrected chi connectivity index (χ2v) is 15.1. The summed E-state index contributed by atoms with van der Waals surface area (Å²) < 4.78 is 4.83. The number of fused-ring (bicyclic) bond motifs is 6. The summed E-state index contributed by atoms with van der Waals surface area (Å²) >= 11 is 1.81. The van der Waals surface area contributed by atoms with E-state index in [0.29, 0.717) is 17.5 Å². The summed E-state index contributed by atoms with van der Waals surface area (Å²) in [6.45, 7) is 0. The molecule has 3 heterocycles. The molecule has 56 heavy (non-hydrogen) atoms. The summed E-state index contributed by atoms with van der Waals surface area (Å²) in [5.41, 5.74) is 11.3. The van der Waals surface area contributed by atoms with Crippen LogP contribution in [0.2, 0.25) is 0 Å². The van der Waals surface area contributed by atoms with Crippen LogP contribution in [0.5, 0.6) is 0 Å². The van der Waals surface area contributed by atoms with Crippen LogP contribution in [0.3, 0.4) is 0 Å². The molecule has 4 nitrogen and oxygen atoms in total. The predicted molar refractivity (Wildman–Crippen MR) is 234 cm³/mol. The highest BCUT2D eigenvalue weighted by molar-refractivity contribution is 7.25. The van der Waals surface area contributed by atoms with Crippen LogP contribution in [0.1, 0.15) is 0 Å². The van der Waals surface area contributed by atoms with Crippen LogP contribution in [0.4, 0.5) is 0 Å². The largest absolute Gasteiger partial charge is 0.309 e. The van der Waals surface area contributed by atoms with Crippen molar-refractivity contribution >= 4 is 53.3 Å². The Kier molecular flexibility index (Phi) is 7.64. The van der Waals surface area contributed by atoms with E-state index in [4.69, 9.17) is 15.0 Å². The van der Waals surface area contributed by atoms with Gasteiger partial charge < -0.3 is 4.57 Å². The van der Waals surface area contributed by atoms with Crippen molar-refractivity contribution in [2.75, 3.05) is 0 Å². The lowest BCUT2D eigenvalue weighted by atomic mass is 9.93. The number of para-hydroxylation sites is 2. The molecule has 11 aromatic rings. The average molecular weight is 733 g/mol. The van der Waals surface area contributed by atoms with Crippen molar-refractivity contribution in [2.24, 2.45) is 0 Å². The Labute approximate surface area is 327 Å². The summed E-state index contributed by atoms with van der Waals surface area (Å²) in [4.78, 5) is 14.9. The molecule has 0 aliphatic rings. The van der Waals surface area contributed by atoms with Crippen LogP contribution in [0, 0.1) is 0 Å². The molecular formula is C51H32N4S. The Balaban J connectivity index is 1.01. The van der Waals surface area contributed by atoms with Crippen molar-refractivity contribution in [3.8, 4) is 62.1 Å². The van der Waals surface area contributed by atoms with Crippen LogP contribution < -0.4 is 0 Å². The second kappa shape index (κ2) is 13.3. The van der Waals surface area contributed by atoms with Crippen molar-refractivity contribution in [1.82, 2.24) is 19.5 Å². The highest BCUT2D eigenvalue weighted by Gasteiger charge is 2.17. The number of benzene rings is 8. The number of thiophene rings is 1. The molecule has 0 unspecified atom stereocenters. The van der Waals surface area contributed by atoms with Gasteiger partial charge in [-0.2, -0.15) is 0 Å². The first kappa shape index (κ1) is 32.2. The van der Waals surface area contributed by atoms with Crippen molar-refractivity contribution < 1.29 is 0 Å². The Morgan fingerprint density at radius 1 is 0.321 bits per heavy atom. The first-order chi connectivity index (χ1) is 27.7. The fraction of sp³-hybridized carbons (Fsp3) is 0. The van der Waals surface area contributed by atoms with Crippen LogP contribution in [0.25, 0.3) is 104 Å². The van der Waals surface area contributed by atoms with Gasteiger partial charge in [0.05, 0.1) is 11.0 Å². The van der Waals surface area contributed by atoms with Crippen molar-refractivity contribution in [1.29, 1.82) is 0 Å². The highest BCUT2D eigenvalue weighted by atomic mass is 32.1. The van der Waals surface area contributed by atoms with Crippen LogP contribution in [0.15, 0.2) is 194 Å². The summed E-state index contributed by atoms with van der Waals surface area (Å²) in [6, 6.07) is 68.8. The number of hydrogen-bond acceptors (Lipinski definition) is 4. The molecule has 3 aromatic heterocycles. The summed E-state index contributed by atoms with van der Waals surface area (Å²) in [5, 5.41) is 4.98. The molecule has 0 aliphatic heterocycles. The van der Waals surface area contributed by atoms with Gasteiger partial charge in [0, 0.05) is 53.3 Å². The van der Waals surface area contributed by atoms with E-state index in [-0.39, 0.29) is 0 Å².